The average molecular weight is 390 g/mol. The van der Waals surface area contributed by atoms with Gasteiger partial charge in [-0.05, 0) is 23.8 Å². The van der Waals surface area contributed by atoms with Crippen LogP contribution in [0.4, 0.5) is 4.39 Å². The van der Waals surface area contributed by atoms with Crippen molar-refractivity contribution in [3.63, 3.8) is 0 Å². The third-order valence-electron chi connectivity index (χ3n) is 5.27. The largest absolute Gasteiger partial charge is 0.383 e. The maximum atomic E-state index is 13.5. The molecule has 27 heavy (non-hydrogen) atoms. The van der Waals surface area contributed by atoms with Gasteiger partial charge in [0.25, 0.3) is 5.91 Å². The maximum absolute atomic E-state index is 13.5. The number of aliphatic hydroxyl groups excluding tert-OH is 1. The highest BCUT2D eigenvalue weighted by molar-refractivity contribution is 7.89. The van der Waals surface area contributed by atoms with Crippen LogP contribution >= 0.6 is 0 Å². The fourth-order valence-corrected chi connectivity index (χ4v) is 5.41. The smallest absolute Gasteiger partial charge is 0.252 e. The SMILES string of the molecule is O=C1[C@@H](O)[C@H]2CN(S(=O)(=O)c3cccc(F)c3)C[C@H]2N1Cc1ccccc1. The van der Waals surface area contributed by atoms with Crippen LogP contribution < -0.4 is 0 Å². The van der Waals surface area contributed by atoms with E-state index in [1.54, 1.807) is 4.90 Å². The molecular formula is C19H19FN2O4S. The lowest BCUT2D eigenvalue weighted by Gasteiger charge is -2.25. The van der Waals surface area contributed by atoms with Crippen LogP contribution in [0.2, 0.25) is 0 Å². The lowest BCUT2D eigenvalue weighted by molar-refractivity contribution is -0.136. The van der Waals surface area contributed by atoms with Crippen LogP contribution in [0.3, 0.4) is 0 Å². The van der Waals surface area contributed by atoms with Gasteiger partial charge >= 0.3 is 0 Å². The minimum atomic E-state index is -3.90. The Morgan fingerprint density at radius 2 is 1.81 bits per heavy atom. The summed E-state index contributed by atoms with van der Waals surface area (Å²) in [6.07, 6.45) is -1.23. The number of aliphatic hydroxyl groups is 1. The highest BCUT2D eigenvalue weighted by Crippen LogP contribution is 2.36. The van der Waals surface area contributed by atoms with Gasteiger partial charge in [0.1, 0.15) is 11.9 Å². The zero-order chi connectivity index (χ0) is 19.2. The van der Waals surface area contributed by atoms with Crippen molar-refractivity contribution in [2.45, 2.75) is 23.6 Å². The van der Waals surface area contributed by atoms with Crippen LogP contribution in [0.25, 0.3) is 0 Å². The third kappa shape index (κ3) is 3.13. The predicted molar refractivity (Wildman–Crippen MR) is 95.4 cm³/mol. The molecule has 3 atom stereocenters. The molecule has 142 valence electrons. The number of hydrogen-bond acceptors (Lipinski definition) is 4. The Hall–Kier alpha value is -2.29. The normalized spacial score (nSPS) is 25.8. The summed E-state index contributed by atoms with van der Waals surface area (Å²) in [4.78, 5) is 13.9. The third-order valence-corrected chi connectivity index (χ3v) is 7.10. The molecule has 4 rings (SSSR count). The molecule has 2 fully saturated rings. The summed E-state index contributed by atoms with van der Waals surface area (Å²) in [5, 5.41) is 10.3. The Kier molecular flexibility index (Phi) is 4.49. The first-order valence-corrected chi connectivity index (χ1v) is 10.1. The van der Waals surface area contributed by atoms with E-state index in [1.165, 1.54) is 22.5 Å². The molecule has 2 aromatic carbocycles. The zero-order valence-electron chi connectivity index (χ0n) is 14.4. The van der Waals surface area contributed by atoms with Crippen LogP contribution in [-0.4, -0.2) is 53.9 Å². The molecule has 0 bridgehead atoms. The zero-order valence-corrected chi connectivity index (χ0v) is 15.2. The molecule has 0 aliphatic carbocycles. The van der Waals surface area contributed by atoms with Gasteiger partial charge < -0.3 is 10.0 Å². The number of sulfonamides is 1. The number of likely N-dealkylation sites (tertiary alicyclic amines) is 1. The van der Waals surface area contributed by atoms with Crippen LogP contribution in [-0.2, 0) is 21.4 Å². The standard InChI is InChI=1S/C19H19FN2O4S/c20-14-7-4-8-15(9-14)27(25,26)21-11-16-17(12-21)22(19(24)18(16)23)10-13-5-2-1-3-6-13/h1-9,16-18,23H,10-12H2/t16-,17+,18-/m0/s1. The molecule has 2 aliphatic rings. The van der Waals surface area contributed by atoms with Crippen LogP contribution in [0.15, 0.2) is 59.5 Å². The van der Waals surface area contributed by atoms with Crippen molar-refractivity contribution in [3.8, 4) is 0 Å². The second-order valence-electron chi connectivity index (χ2n) is 6.91. The molecular weight excluding hydrogens is 371 g/mol. The molecule has 0 spiro atoms. The van der Waals surface area contributed by atoms with Crippen LogP contribution in [0.5, 0.6) is 0 Å². The van der Waals surface area contributed by atoms with E-state index in [4.69, 9.17) is 0 Å². The first-order chi connectivity index (χ1) is 12.9. The number of amides is 1. The molecule has 2 aromatic rings. The number of halogens is 1. The number of hydrogen-bond donors (Lipinski definition) is 1. The van der Waals surface area contributed by atoms with Gasteiger partial charge in [-0.2, -0.15) is 4.31 Å². The summed E-state index contributed by atoms with van der Waals surface area (Å²) in [5.41, 5.74) is 0.908. The molecule has 0 unspecified atom stereocenters. The van der Waals surface area contributed by atoms with Crippen LogP contribution in [0, 0.1) is 11.7 Å². The Balaban J connectivity index is 1.59. The summed E-state index contributed by atoms with van der Waals surface area (Å²) in [6.45, 7) is 0.423. The van der Waals surface area contributed by atoms with E-state index in [1.807, 2.05) is 30.3 Å². The fourth-order valence-electron chi connectivity index (χ4n) is 3.88. The number of carbonyl (C=O) groups excluding carboxylic acids is 1. The van der Waals surface area contributed by atoms with Crippen molar-refractivity contribution in [1.82, 2.24) is 9.21 Å². The van der Waals surface area contributed by atoms with Gasteiger partial charge in [0.15, 0.2) is 0 Å². The summed E-state index contributed by atoms with van der Waals surface area (Å²) < 4.78 is 40.4. The Labute approximate surface area is 156 Å². The van der Waals surface area contributed by atoms with Gasteiger partial charge in [-0.15, -0.1) is 0 Å². The topological polar surface area (TPSA) is 77.9 Å². The van der Waals surface area contributed by atoms with Gasteiger partial charge in [-0.3, -0.25) is 4.79 Å². The predicted octanol–water partition coefficient (Wildman–Crippen LogP) is 1.22. The lowest BCUT2D eigenvalue weighted by atomic mass is 10.0. The quantitative estimate of drug-likeness (QED) is 0.852. The highest BCUT2D eigenvalue weighted by Gasteiger charge is 2.54. The van der Waals surface area contributed by atoms with Gasteiger partial charge in [0.05, 0.1) is 10.9 Å². The number of carbonyl (C=O) groups is 1. The first-order valence-electron chi connectivity index (χ1n) is 8.66. The summed E-state index contributed by atoms with van der Waals surface area (Å²) in [5.74, 6) is -1.50. The van der Waals surface area contributed by atoms with Gasteiger partial charge in [-0.1, -0.05) is 36.4 Å². The van der Waals surface area contributed by atoms with E-state index in [9.17, 15) is 22.7 Å². The van der Waals surface area contributed by atoms with E-state index in [2.05, 4.69) is 0 Å². The molecule has 1 amide bonds. The second kappa shape index (κ2) is 6.70. The fraction of sp³-hybridized carbons (Fsp3) is 0.316. The number of fused-ring (bicyclic) bond motifs is 1. The van der Waals surface area contributed by atoms with Gasteiger partial charge in [-0.25, -0.2) is 12.8 Å². The lowest BCUT2D eigenvalue weighted by Crippen LogP contribution is -2.40. The van der Waals surface area contributed by atoms with E-state index in [0.29, 0.717) is 6.54 Å². The van der Waals surface area contributed by atoms with E-state index in [-0.39, 0.29) is 23.9 Å². The van der Waals surface area contributed by atoms with Crippen molar-refractivity contribution in [2.24, 2.45) is 5.92 Å². The van der Waals surface area contributed by atoms with Crippen molar-refractivity contribution >= 4 is 15.9 Å². The Morgan fingerprint density at radius 1 is 1.07 bits per heavy atom. The van der Waals surface area contributed by atoms with E-state index >= 15 is 0 Å². The van der Waals surface area contributed by atoms with Crippen molar-refractivity contribution in [3.05, 3.63) is 66.0 Å². The highest BCUT2D eigenvalue weighted by atomic mass is 32.2. The number of rotatable bonds is 4. The second-order valence-corrected chi connectivity index (χ2v) is 8.85. The molecule has 8 heteroatoms. The van der Waals surface area contributed by atoms with Crippen molar-refractivity contribution in [2.75, 3.05) is 13.1 Å². The van der Waals surface area contributed by atoms with Crippen molar-refractivity contribution in [1.29, 1.82) is 0 Å². The van der Waals surface area contributed by atoms with Crippen LogP contribution in [0.1, 0.15) is 5.56 Å². The average Bonchev–Trinajstić information content (AvgIpc) is 3.19. The molecule has 0 aromatic heterocycles. The summed E-state index contributed by atoms with van der Waals surface area (Å²) in [7, 11) is -3.90. The van der Waals surface area contributed by atoms with Gasteiger partial charge in [0.2, 0.25) is 10.0 Å². The Morgan fingerprint density at radius 3 is 2.52 bits per heavy atom. The monoisotopic (exact) mass is 390 g/mol. The molecule has 2 aliphatic heterocycles. The van der Waals surface area contributed by atoms with E-state index < -0.39 is 33.9 Å². The number of benzene rings is 2. The molecule has 1 N–H and O–H groups in total. The maximum Gasteiger partial charge on any atom is 0.252 e. The summed E-state index contributed by atoms with van der Waals surface area (Å²) in [6, 6.07) is 13.8. The molecule has 2 heterocycles. The molecule has 6 nitrogen and oxygen atoms in total. The molecule has 2 saturated heterocycles. The molecule has 0 saturated carbocycles. The van der Waals surface area contributed by atoms with Crippen molar-refractivity contribution < 1.29 is 22.7 Å². The first kappa shape index (κ1) is 18.1. The Bertz CT molecular complexity index is 967. The minimum absolute atomic E-state index is 0.0295. The summed E-state index contributed by atoms with van der Waals surface area (Å²) >= 11 is 0. The van der Waals surface area contributed by atoms with Gasteiger partial charge in [0, 0.05) is 25.6 Å². The molecule has 0 radical (unpaired) electrons. The number of nitrogens with zero attached hydrogens (tertiary/aromatic N) is 2. The van der Waals surface area contributed by atoms with E-state index in [0.717, 1.165) is 11.6 Å². The minimum Gasteiger partial charge on any atom is -0.383 e.